The molecule has 0 spiro atoms. The molecular formula is C33H39F7N4O3. The van der Waals surface area contributed by atoms with Gasteiger partial charge in [-0.1, -0.05) is 19.9 Å². The molecule has 1 unspecified atom stereocenters. The fourth-order valence-electron chi connectivity index (χ4n) is 6.95. The lowest BCUT2D eigenvalue weighted by molar-refractivity contribution is -0.142. The second kappa shape index (κ2) is 13.6. The van der Waals surface area contributed by atoms with Gasteiger partial charge in [0.25, 0.3) is 0 Å². The molecule has 1 N–H and O–H groups in total. The number of halogens is 7. The number of aromatic amines is 1. The number of nitrogens with one attached hydrogen (secondary N) is 1. The summed E-state index contributed by atoms with van der Waals surface area (Å²) in [4.78, 5) is 23.8. The first-order valence-electron chi connectivity index (χ1n) is 15.8. The molecule has 1 aromatic heterocycles. The maximum absolute atomic E-state index is 14.1. The number of aromatic nitrogens is 2. The molecule has 0 bridgehead atoms. The number of hydrogen-bond donors (Lipinski definition) is 1. The van der Waals surface area contributed by atoms with Crippen molar-refractivity contribution in [2.24, 2.45) is 5.92 Å². The van der Waals surface area contributed by atoms with E-state index in [1.807, 2.05) is 11.9 Å². The Bertz CT molecular complexity index is 1570. The lowest BCUT2D eigenvalue weighted by atomic mass is 9.65. The fourth-order valence-corrected chi connectivity index (χ4v) is 6.95. The van der Waals surface area contributed by atoms with E-state index in [1.54, 1.807) is 17.0 Å². The smallest absolute Gasteiger partial charge is 0.418 e. The van der Waals surface area contributed by atoms with Crippen molar-refractivity contribution >= 4 is 17.1 Å². The van der Waals surface area contributed by atoms with Crippen LogP contribution >= 0.6 is 0 Å². The summed E-state index contributed by atoms with van der Waals surface area (Å²) in [6.07, 6.45) is -8.16. The Morgan fingerprint density at radius 1 is 1.11 bits per heavy atom. The van der Waals surface area contributed by atoms with Gasteiger partial charge in [-0.2, -0.15) is 26.3 Å². The van der Waals surface area contributed by atoms with Crippen LogP contribution in [0.2, 0.25) is 0 Å². The summed E-state index contributed by atoms with van der Waals surface area (Å²) in [5.74, 6) is -0.283. The lowest BCUT2D eigenvalue weighted by Crippen LogP contribution is -2.52. The van der Waals surface area contributed by atoms with Gasteiger partial charge in [0.2, 0.25) is 0 Å². The molecule has 47 heavy (non-hydrogen) atoms. The molecule has 2 heterocycles. The molecule has 1 saturated heterocycles. The van der Waals surface area contributed by atoms with Gasteiger partial charge in [0.15, 0.2) is 0 Å². The molecule has 1 fully saturated rings. The second-order valence-corrected chi connectivity index (χ2v) is 12.9. The minimum absolute atomic E-state index is 0.0647. The normalized spacial score (nSPS) is 20.7. The molecule has 7 nitrogen and oxygen atoms in total. The summed E-state index contributed by atoms with van der Waals surface area (Å²) in [6.45, 7) is 6.82. The van der Waals surface area contributed by atoms with E-state index in [-0.39, 0.29) is 41.5 Å². The van der Waals surface area contributed by atoms with E-state index in [1.165, 1.54) is 6.07 Å². The highest BCUT2D eigenvalue weighted by Gasteiger charge is 2.48. The number of carbonyl (C=O) groups excluding carboxylic acids is 1. The van der Waals surface area contributed by atoms with Crippen molar-refractivity contribution in [2.45, 2.75) is 69.8 Å². The summed E-state index contributed by atoms with van der Waals surface area (Å²) in [5.41, 5.74) is -2.71. The second-order valence-electron chi connectivity index (χ2n) is 12.9. The summed E-state index contributed by atoms with van der Waals surface area (Å²) in [7, 11) is 1.88. The average Bonchev–Trinajstić information content (AvgIpc) is 3.41. The van der Waals surface area contributed by atoms with E-state index in [0.29, 0.717) is 71.1 Å². The van der Waals surface area contributed by atoms with Crippen LogP contribution in [0.5, 0.6) is 0 Å². The number of nitrogens with zero attached hydrogens (tertiary/aromatic N) is 3. The zero-order valence-corrected chi connectivity index (χ0v) is 26.5. The first-order chi connectivity index (χ1) is 22.1. The number of morpholine rings is 1. The van der Waals surface area contributed by atoms with Crippen molar-refractivity contribution in [2.75, 3.05) is 46.4 Å². The summed E-state index contributed by atoms with van der Waals surface area (Å²) in [6, 6.07) is 5.49. The number of alkyl halides is 6. The molecular weight excluding hydrogens is 633 g/mol. The number of hydrogen-bond acceptors (Lipinski definition) is 5. The largest absolute Gasteiger partial charge is 0.442 e. The van der Waals surface area contributed by atoms with Gasteiger partial charge < -0.3 is 24.3 Å². The van der Waals surface area contributed by atoms with Gasteiger partial charge >= 0.3 is 18.4 Å². The third kappa shape index (κ3) is 7.85. The molecule has 3 aromatic rings. The number of fused-ring (bicyclic) bond motifs is 2. The van der Waals surface area contributed by atoms with Crippen LogP contribution in [0.4, 0.5) is 35.5 Å². The van der Waals surface area contributed by atoms with Gasteiger partial charge in [-0.05, 0) is 74.2 Å². The molecule has 2 aliphatic rings. The first-order valence-corrected chi connectivity index (χ1v) is 15.8. The van der Waals surface area contributed by atoms with E-state index in [9.17, 15) is 35.5 Å². The minimum atomic E-state index is -5.00. The number of H-pyrrole nitrogens is 1. The Morgan fingerprint density at radius 2 is 1.83 bits per heavy atom. The molecule has 0 saturated carbocycles. The molecule has 5 rings (SSSR count). The van der Waals surface area contributed by atoms with Crippen molar-refractivity contribution in [1.82, 2.24) is 19.8 Å². The maximum Gasteiger partial charge on any atom is 0.418 e. The summed E-state index contributed by atoms with van der Waals surface area (Å²) >= 11 is 0. The Morgan fingerprint density at radius 3 is 2.49 bits per heavy atom. The Labute approximate surface area is 268 Å². The van der Waals surface area contributed by atoms with Gasteiger partial charge in [0.05, 0.1) is 29.9 Å². The van der Waals surface area contributed by atoms with Gasteiger partial charge in [0, 0.05) is 38.4 Å². The molecule has 0 radical (unpaired) electrons. The highest BCUT2D eigenvalue weighted by molar-refractivity contribution is 5.80. The number of rotatable bonds is 9. The zero-order valence-electron chi connectivity index (χ0n) is 26.5. The molecule has 14 heteroatoms. The van der Waals surface area contributed by atoms with Crippen LogP contribution in [0.25, 0.3) is 11.0 Å². The topological polar surface area (TPSA) is 70.7 Å². The minimum Gasteiger partial charge on any atom is -0.442 e. The molecule has 258 valence electrons. The van der Waals surface area contributed by atoms with Crippen LogP contribution in [0.1, 0.15) is 67.1 Å². The van der Waals surface area contributed by atoms with Crippen LogP contribution in [-0.2, 0) is 34.7 Å². The highest BCUT2D eigenvalue weighted by Crippen LogP contribution is 2.48. The van der Waals surface area contributed by atoms with Crippen LogP contribution in [0, 0.1) is 11.7 Å². The molecule has 1 amide bonds. The van der Waals surface area contributed by atoms with Crippen LogP contribution < -0.4 is 0 Å². The van der Waals surface area contributed by atoms with E-state index in [0.717, 1.165) is 11.1 Å². The SMILES string of the molecule is CC(C)C1c2ccc(F)cc2CC[C@@]1(CCN(C)CCCc1nc2c(C(F)(F)F)cc(C(F)(F)F)cc2[nH]1)OC(=O)N1CCOCC1. The monoisotopic (exact) mass is 672 g/mol. The average molecular weight is 673 g/mol. The van der Waals surface area contributed by atoms with E-state index in [2.05, 4.69) is 23.8 Å². The lowest BCUT2D eigenvalue weighted by Gasteiger charge is -2.47. The molecule has 1 aliphatic carbocycles. The number of aryl methyl sites for hydroxylation is 2. The van der Waals surface area contributed by atoms with E-state index < -0.39 is 40.7 Å². The van der Waals surface area contributed by atoms with Gasteiger partial charge in [-0.25, -0.2) is 14.2 Å². The quantitative estimate of drug-likeness (QED) is 0.238. The maximum atomic E-state index is 14.1. The number of amides is 1. The van der Waals surface area contributed by atoms with Crippen molar-refractivity contribution in [3.8, 4) is 0 Å². The molecule has 2 aromatic carbocycles. The van der Waals surface area contributed by atoms with Crippen molar-refractivity contribution in [3.63, 3.8) is 0 Å². The van der Waals surface area contributed by atoms with Crippen LogP contribution in [0.3, 0.4) is 0 Å². The summed E-state index contributed by atoms with van der Waals surface area (Å²) < 4.78 is 107. The molecule has 2 atom stereocenters. The third-order valence-corrected chi connectivity index (χ3v) is 9.19. The Kier molecular flexibility index (Phi) is 10.1. The predicted molar refractivity (Wildman–Crippen MR) is 160 cm³/mol. The van der Waals surface area contributed by atoms with Crippen molar-refractivity contribution < 1.29 is 45.0 Å². The van der Waals surface area contributed by atoms with Crippen LogP contribution in [0.15, 0.2) is 30.3 Å². The Balaban J connectivity index is 1.30. The van der Waals surface area contributed by atoms with Gasteiger partial charge in [0.1, 0.15) is 22.8 Å². The van der Waals surface area contributed by atoms with Crippen molar-refractivity contribution in [3.05, 3.63) is 64.2 Å². The van der Waals surface area contributed by atoms with E-state index in [4.69, 9.17) is 9.47 Å². The number of ether oxygens (including phenoxy) is 2. The van der Waals surface area contributed by atoms with Gasteiger partial charge in [-0.15, -0.1) is 0 Å². The molecule has 1 aliphatic heterocycles. The van der Waals surface area contributed by atoms with Crippen LogP contribution in [-0.4, -0.2) is 77.9 Å². The standard InChI is InChI=1S/C33H39F7N4O3/c1-20(2)28-24-7-6-23(34)17-21(24)8-9-31(28,47-30(45)44-13-15-46-16-14-44)10-12-43(3)11-4-5-27-41-26-19-22(32(35,36)37)18-25(29(26)42-27)33(38,39)40/h6-7,17-20,28H,4-5,8-16H2,1-3H3,(H,41,42)/t28?,31-/m0/s1. The number of benzene rings is 2. The fraction of sp³-hybridized carbons (Fsp3) is 0.576. The zero-order chi connectivity index (χ0) is 34.1. The number of carbonyl (C=O) groups is 1. The highest BCUT2D eigenvalue weighted by atomic mass is 19.4. The third-order valence-electron chi connectivity index (χ3n) is 9.19. The van der Waals surface area contributed by atoms with E-state index >= 15 is 0 Å². The first kappa shape index (κ1) is 34.9. The summed E-state index contributed by atoms with van der Waals surface area (Å²) in [5, 5.41) is 0. The van der Waals surface area contributed by atoms with Gasteiger partial charge in [-0.3, -0.25) is 0 Å². The number of imidazole rings is 1. The predicted octanol–water partition coefficient (Wildman–Crippen LogP) is 7.59. The van der Waals surface area contributed by atoms with Crippen molar-refractivity contribution in [1.29, 1.82) is 0 Å². The Hall–Kier alpha value is -3.39.